The van der Waals surface area contributed by atoms with Crippen LogP contribution in [0.15, 0.2) is 48.5 Å². The topological polar surface area (TPSA) is 75.6 Å². The molecular formula is C17H15FINO4. The highest BCUT2D eigenvalue weighted by Gasteiger charge is 2.22. The maximum absolute atomic E-state index is 13.8. The predicted molar refractivity (Wildman–Crippen MR) is 94.0 cm³/mol. The predicted octanol–water partition coefficient (Wildman–Crippen LogP) is 3.35. The van der Waals surface area contributed by atoms with Crippen molar-refractivity contribution in [1.82, 2.24) is 5.32 Å². The van der Waals surface area contributed by atoms with Crippen molar-refractivity contribution >= 4 is 34.7 Å². The molecule has 126 valence electrons. The van der Waals surface area contributed by atoms with Crippen molar-refractivity contribution in [2.45, 2.75) is 19.1 Å². The van der Waals surface area contributed by atoms with Gasteiger partial charge in [-0.15, -0.1) is 0 Å². The third-order valence-electron chi connectivity index (χ3n) is 3.23. The lowest BCUT2D eigenvalue weighted by molar-refractivity contribution is -0.139. The zero-order chi connectivity index (χ0) is 17.5. The Morgan fingerprint density at radius 1 is 1.21 bits per heavy atom. The summed E-state index contributed by atoms with van der Waals surface area (Å²) >= 11 is 2.01. The van der Waals surface area contributed by atoms with Crippen molar-refractivity contribution in [2.75, 3.05) is 0 Å². The third kappa shape index (κ3) is 5.48. The van der Waals surface area contributed by atoms with Gasteiger partial charge in [0.05, 0.1) is 0 Å². The molecule has 0 aliphatic rings. The molecule has 1 amide bonds. The van der Waals surface area contributed by atoms with E-state index in [4.69, 9.17) is 4.74 Å². The maximum atomic E-state index is 13.8. The van der Waals surface area contributed by atoms with Crippen LogP contribution in [-0.4, -0.2) is 23.2 Å². The summed E-state index contributed by atoms with van der Waals surface area (Å²) < 4.78 is 19.5. The molecule has 24 heavy (non-hydrogen) atoms. The van der Waals surface area contributed by atoms with Crippen LogP contribution in [-0.2, 0) is 22.6 Å². The normalized spacial score (nSPS) is 11.6. The summed E-state index contributed by atoms with van der Waals surface area (Å²) in [6.07, 6.45) is -1.03. The summed E-state index contributed by atoms with van der Waals surface area (Å²) in [5, 5.41) is 11.5. The zero-order valence-corrected chi connectivity index (χ0v) is 14.7. The number of carboxylic acid groups (broad SMARTS) is 1. The van der Waals surface area contributed by atoms with Crippen molar-refractivity contribution in [1.29, 1.82) is 0 Å². The molecule has 0 heterocycles. The molecule has 2 aromatic rings. The Morgan fingerprint density at radius 2 is 1.92 bits per heavy atom. The number of carbonyl (C=O) groups excluding carboxylic acids is 1. The van der Waals surface area contributed by atoms with Gasteiger partial charge in [-0.05, 0) is 51.9 Å². The van der Waals surface area contributed by atoms with Gasteiger partial charge in [0.1, 0.15) is 18.5 Å². The summed E-state index contributed by atoms with van der Waals surface area (Å²) in [5.74, 6) is -1.77. The minimum atomic E-state index is -1.28. The number of benzene rings is 2. The summed E-state index contributed by atoms with van der Waals surface area (Å²) in [6.45, 7) is 0.0244. The molecule has 0 radical (unpaired) electrons. The molecule has 0 bridgehead atoms. The Bertz CT molecular complexity index is 724. The number of amides is 1. The molecule has 0 aliphatic heterocycles. The van der Waals surface area contributed by atoms with E-state index >= 15 is 0 Å². The van der Waals surface area contributed by atoms with Gasteiger partial charge in [0, 0.05) is 9.99 Å². The standard InChI is InChI=1S/C17H15FINO4/c18-14-7-6-13(19)8-12(14)9-15(16(21)22)20-17(23)24-10-11-4-2-1-3-5-11/h1-8,15H,9-10H2,(H,20,23)(H,21,22). The van der Waals surface area contributed by atoms with E-state index in [1.807, 2.05) is 28.7 Å². The lowest BCUT2D eigenvalue weighted by atomic mass is 10.1. The van der Waals surface area contributed by atoms with Crippen molar-refractivity contribution < 1.29 is 23.8 Å². The van der Waals surface area contributed by atoms with E-state index in [0.29, 0.717) is 0 Å². The monoisotopic (exact) mass is 443 g/mol. The van der Waals surface area contributed by atoms with Crippen LogP contribution in [0.1, 0.15) is 11.1 Å². The molecule has 2 rings (SSSR count). The zero-order valence-electron chi connectivity index (χ0n) is 12.5. The van der Waals surface area contributed by atoms with E-state index in [9.17, 15) is 19.1 Å². The molecule has 0 aromatic heterocycles. The van der Waals surface area contributed by atoms with Gasteiger partial charge in [0.2, 0.25) is 0 Å². The fourth-order valence-corrected chi connectivity index (χ4v) is 2.58. The number of carboxylic acids is 1. The highest BCUT2D eigenvalue weighted by molar-refractivity contribution is 14.1. The van der Waals surface area contributed by atoms with E-state index in [2.05, 4.69) is 5.32 Å². The molecule has 0 saturated carbocycles. The van der Waals surface area contributed by atoms with Gasteiger partial charge in [-0.1, -0.05) is 30.3 Å². The first-order valence-corrected chi connectivity index (χ1v) is 8.17. The van der Waals surface area contributed by atoms with E-state index < -0.39 is 23.9 Å². The van der Waals surface area contributed by atoms with E-state index in [0.717, 1.165) is 9.13 Å². The largest absolute Gasteiger partial charge is 0.480 e. The van der Waals surface area contributed by atoms with Crippen molar-refractivity contribution in [2.24, 2.45) is 0 Å². The van der Waals surface area contributed by atoms with E-state index in [-0.39, 0.29) is 18.6 Å². The molecule has 1 atom stereocenters. The highest BCUT2D eigenvalue weighted by Crippen LogP contribution is 2.14. The number of carbonyl (C=O) groups is 2. The van der Waals surface area contributed by atoms with Crippen LogP contribution < -0.4 is 5.32 Å². The summed E-state index contributed by atoms with van der Waals surface area (Å²) in [6, 6.07) is 12.1. The van der Waals surface area contributed by atoms with Crippen LogP contribution in [0.4, 0.5) is 9.18 Å². The second kappa shape index (κ2) is 8.62. The molecule has 7 heteroatoms. The fourth-order valence-electron chi connectivity index (χ4n) is 2.03. The molecule has 2 aromatic carbocycles. The number of ether oxygens (including phenoxy) is 1. The summed E-state index contributed by atoms with van der Waals surface area (Å²) in [5.41, 5.74) is 1.00. The van der Waals surface area contributed by atoms with Gasteiger partial charge in [0.15, 0.2) is 0 Å². The molecule has 0 fully saturated rings. The molecule has 0 aliphatic carbocycles. The molecule has 5 nitrogen and oxygen atoms in total. The van der Waals surface area contributed by atoms with Crippen LogP contribution in [0.5, 0.6) is 0 Å². The lowest BCUT2D eigenvalue weighted by Crippen LogP contribution is -2.42. The number of halogens is 2. The minimum absolute atomic E-state index is 0.0244. The summed E-state index contributed by atoms with van der Waals surface area (Å²) in [4.78, 5) is 23.1. The van der Waals surface area contributed by atoms with Crippen LogP contribution in [0.25, 0.3) is 0 Å². The molecular weight excluding hydrogens is 428 g/mol. The lowest BCUT2D eigenvalue weighted by Gasteiger charge is -2.15. The molecule has 0 spiro atoms. The molecule has 1 unspecified atom stereocenters. The first kappa shape index (κ1) is 18.2. The first-order valence-electron chi connectivity index (χ1n) is 7.09. The quantitative estimate of drug-likeness (QED) is 0.672. The Labute approximate surface area is 152 Å². The number of alkyl carbamates (subject to hydrolysis) is 1. The Morgan fingerprint density at radius 3 is 2.58 bits per heavy atom. The smallest absolute Gasteiger partial charge is 0.408 e. The van der Waals surface area contributed by atoms with Crippen molar-refractivity contribution in [3.8, 4) is 0 Å². The Hall–Kier alpha value is -2.16. The number of hydrogen-bond donors (Lipinski definition) is 2. The molecule has 0 saturated heterocycles. The number of hydrogen-bond acceptors (Lipinski definition) is 3. The number of nitrogens with one attached hydrogen (secondary N) is 1. The second-order valence-corrected chi connectivity index (χ2v) is 6.28. The average molecular weight is 443 g/mol. The van der Waals surface area contributed by atoms with Gasteiger partial charge < -0.3 is 15.2 Å². The van der Waals surface area contributed by atoms with Crippen LogP contribution >= 0.6 is 22.6 Å². The van der Waals surface area contributed by atoms with E-state index in [1.165, 1.54) is 6.07 Å². The van der Waals surface area contributed by atoms with E-state index in [1.54, 1.807) is 36.4 Å². The number of aliphatic carboxylic acids is 1. The minimum Gasteiger partial charge on any atom is -0.480 e. The van der Waals surface area contributed by atoms with Gasteiger partial charge in [-0.2, -0.15) is 0 Å². The SMILES string of the molecule is O=C(NC(Cc1cc(I)ccc1F)C(=O)O)OCc1ccccc1. The van der Waals surface area contributed by atoms with Gasteiger partial charge >= 0.3 is 12.1 Å². The Kier molecular flexibility index (Phi) is 6.53. The average Bonchev–Trinajstić information content (AvgIpc) is 2.56. The second-order valence-electron chi connectivity index (χ2n) is 5.04. The van der Waals surface area contributed by atoms with Gasteiger partial charge in [-0.3, -0.25) is 0 Å². The Balaban J connectivity index is 1.96. The van der Waals surface area contributed by atoms with Crippen LogP contribution in [0.3, 0.4) is 0 Å². The van der Waals surface area contributed by atoms with Crippen molar-refractivity contribution in [3.05, 3.63) is 69.0 Å². The maximum Gasteiger partial charge on any atom is 0.408 e. The van der Waals surface area contributed by atoms with Crippen LogP contribution in [0.2, 0.25) is 0 Å². The number of rotatable bonds is 6. The first-order chi connectivity index (χ1) is 11.5. The third-order valence-corrected chi connectivity index (χ3v) is 3.91. The molecule has 2 N–H and O–H groups in total. The van der Waals surface area contributed by atoms with Crippen molar-refractivity contribution in [3.63, 3.8) is 0 Å². The summed E-state index contributed by atoms with van der Waals surface area (Å²) in [7, 11) is 0. The fraction of sp³-hybridized carbons (Fsp3) is 0.176. The van der Waals surface area contributed by atoms with Crippen LogP contribution in [0, 0.1) is 9.39 Å². The highest BCUT2D eigenvalue weighted by atomic mass is 127. The van der Waals surface area contributed by atoms with Gasteiger partial charge in [0.25, 0.3) is 0 Å². The van der Waals surface area contributed by atoms with Gasteiger partial charge in [-0.25, -0.2) is 14.0 Å².